The zero-order chi connectivity index (χ0) is 16.0. The number of carboxylic acids is 1. The summed E-state index contributed by atoms with van der Waals surface area (Å²) >= 11 is 0. The average Bonchev–Trinajstić information content (AvgIpc) is 2.64. The van der Waals surface area contributed by atoms with Gasteiger partial charge in [0.2, 0.25) is 11.8 Å². The number of urea groups is 1. The Bertz CT molecular complexity index is 463. The molecule has 4 amide bonds. The van der Waals surface area contributed by atoms with Crippen LogP contribution in [-0.4, -0.2) is 76.8 Å². The van der Waals surface area contributed by atoms with Crippen LogP contribution in [0.5, 0.6) is 0 Å². The lowest BCUT2D eigenvalue weighted by molar-refractivity contribution is -0.144. The number of hydrogen-bond acceptors (Lipinski definition) is 4. The summed E-state index contributed by atoms with van der Waals surface area (Å²) < 4.78 is 0. The third kappa shape index (κ3) is 4.59. The molecule has 0 aromatic heterocycles. The highest BCUT2D eigenvalue weighted by molar-refractivity contribution is 6.01. The quantitative estimate of drug-likeness (QED) is 0.492. The van der Waals surface area contributed by atoms with Gasteiger partial charge >= 0.3 is 12.0 Å². The van der Waals surface area contributed by atoms with E-state index in [-0.39, 0.29) is 43.9 Å². The topological polar surface area (TPSA) is 98.2 Å². The number of rotatable bonds is 8. The maximum absolute atomic E-state index is 11.9. The largest absolute Gasteiger partial charge is 0.480 e. The van der Waals surface area contributed by atoms with Crippen molar-refractivity contribution in [2.75, 3.05) is 33.2 Å². The first kappa shape index (κ1) is 16.7. The van der Waals surface area contributed by atoms with Crippen LogP contribution in [0.3, 0.4) is 0 Å². The number of carboxylic acid groups (broad SMARTS) is 1. The van der Waals surface area contributed by atoms with Crippen LogP contribution >= 0.6 is 0 Å². The molecule has 0 bridgehead atoms. The third-order valence-corrected chi connectivity index (χ3v) is 3.03. The van der Waals surface area contributed by atoms with Gasteiger partial charge in [0, 0.05) is 26.6 Å². The van der Waals surface area contributed by atoms with E-state index in [4.69, 9.17) is 5.11 Å². The van der Waals surface area contributed by atoms with Crippen LogP contribution in [0.25, 0.3) is 0 Å². The van der Waals surface area contributed by atoms with Gasteiger partial charge in [-0.2, -0.15) is 0 Å². The molecule has 8 nitrogen and oxygen atoms in total. The van der Waals surface area contributed by atoms with E-state index in [0.717, 1.165) is 9.80 Å². The first-order valence-electron chi connectivity index (χ1n) is 6.52. The smallest absolute Gasteiger partial charge is 0.326 e. The lowest BCUT2D eigenvalue weighted by atomic mass is 10.2. The maximum atomic E-state index is 11.9. The fourth-order valence-electron chi connectivity index (χ4n) is 2.01. The molecule has 1 heterocycles. The van der Waals surface area contributed by atoms with Crippen LogP contribution in [0.15, 0.2) is 12.7 Å². The minimum Gasteiger partial charge on any atom is -0.480 e. The van der Waals surface area contributed by atoms with Gasteiger partial charge in [0.1, 0.15) is 13.1 Å². The van der Waals surface area contributed by atoms with Gasteiger partial charge < -0.3 is 14.9 Å². The highest BCUT2D eigenvalue weighted by Crippen LogP contribution is 2.09. The van der Waals surface area contributed by atoms with Crippen molar-refractivity contribution in [2.45, 2.75) is 12.8 Å². The summed E-state index contributed by atoms with van der Waals surface area (Å²) in [4.78, 5) is 49.3. The molecule has 0 aromatic rings. The van der Waals surface area contributed by atoms with Crippen LogP contribution < -0.4 is 0 Å². The second-order valence-corrected chi connectivity index (χ2v) is 4.74. The third-order valence-electron chi connectivity index (χ3n) is 3.03. The molecule has 1 saturated heterocycles. The Labute approximate surface area is 122 Å². The number of nitrogens with zero attached hydrogens (tertiary/aromatic N) is 3. The van der Waals surface area contributed by atoms with E-state index >= 15 is 0 Å². The van der Waals surface area contributed by atoms with Crippen LogP contribution in [0.4, 0.5) is 4.79 Å². The van der Waals surface area contributed by atoms with Gasteiger partial charge in [-0.3, -0.25) is 19.3 Å². The number of carbonyl (C=O) groups excluding carboxylic acids is 3. The average molecular weight is 297 g/mol. The van der Waals surface area contributed by atoms with Gasteiger partial charge in [0.15, 0.2) is 0 Å². The van der Waals surface area contributed by atoms with Crippen molar-refractivity contribution in [1.29, 1.82) is 0 Å². The van der Waals surface area contributed by atoms with Crippen molar-refractivity contribution in [3.8, 4) is 0 Å². The molecule has 8 heteroatoms. The number of carbonyl (C=O) groups is 4. The Morgan fingerprint density at radius 2 is 2.10 bits per heavy atom. The highest BCUT2D eigenvalue weighted by Gasteiger charge is 2.33. The first-order chi connectivity index (χ1) is 9.86. The van der Waals surface area contributed by atoms with Crippen LogP contribution in [-0.2, 0) is 14.4 Å². The maximum Gasteiger partial charge on any atom is 0.326 e. The SMILES string of the molecule is C=CCN(CC(=O)O)C(=O)CCCN1C(=O)CN(C)C1=O. The summed E-state index contributed by atoms with van der Waals surface area (Å²) in [6, 6.07) is -0.374. The summed E-state index contributed by atoms with van der Waals surface area (Å²) in [5.41, 5.74) is 0. The van der Waals surface area contributed by atoms with E-state index in [2.05, 4.69) is 6.58 Å². The molecule has 1 aliphatic rings. The van der Waals surface area contributed by atoms with Gasteiger partial charge in [-0.1, -0.05) is 6.08 Å². The molecule has 0 radical (unpaired) electrons. The Kier molecular flexibility index (Phi) is 5.89. The summed E-state index contributed by atoms with van der Waals surface area (Å²) in [6.07, 6.45) is 1.82. The van der Waals surface area contributed by atoms with E-state index in [1.165, 1.54) is 18.0 Å². The second kappa shape index (κ2) is 7.41. The molecule has 0 atom stereocenters. The van der Waals surface area contributed by atoms with E-state index in [9.17, 15) is 19.2 Å². The molecule has 21 heavy (non-hydrogen) atoms. The fraction of sp³-hybridized carbons (Fsp3) is 0.538. The fourth-order valence-corrected chi connectivity index (χ4v) is 2.01. The molecule has 1 fully saturated rings. The predicted molar refractivity (Wildman–Crippen MR) is 73.4 cm³/mol. The van der Waals surface area contributed by atoms with Crippen molar-refractivity contribution >= 4 is 23.8 Å². The monoisotopic (exact) mass is 297 g/mol. The number of hydrogen-bond donors (Lipinski definition) is 1. The highest BCUT2D eigenvalue weighted by atomic mass is 16.4. The summed E-state index contributed by atoms with van der Waals surface area (Å²) in [5, 5.41) is 8.72. The van der Waals surface area contributed by atoms with Gasteiger partial charge in [0.05, 0.1) is 0 Å². The summed E-state index contributed by atoms with van der Waals surface area (Å²) in [6.45, 7) is 3.43. The van der Waals surface area contributed by atoms with Gasteiger partial charge in [-0.15, -0.1) is 6.58 Å². The molecular weight excluding hydrogens is 278 g/mol. The van der Waals surface area contributed by atoms with E-state index in [1.807, 2.05) is 0 Å². The van der Waals surface area contributed by atoms with Gasteiger partial charge in [0.25, 0.3) is 0 Å². The van der Waals surface area contributed by atoms with Gasteiger partial charge in [-0.05, 0) is 6.42 Å². The normalized spacial score (nSPS) is 14.5. The van der Waals surface area contributed by atoms with Crippen LogP contribution in [0.1, 0.15) is 12.8 Å². The zero-order valence-electron chi connectivity index (χ0n) is 11.9. The van der Waals surface area contributed by atoms with Crippen LogP contribution in [0, 0.1) is 0 Å². The molecule has 0 aliphatic carbocycles. The van der Waals surface area contributed by atoms with Crippen molar-refractivity contribution in [1.82, 2.24) is 14.7 Å². The van der Waals surface area contributed by atoms with E-state index < -0.39 is 12.5 Å². The van der Waals surface area contributed by atoms with Crippen LogP contribution in [0.2, 0.25) is 0 Å². The van der Waals surface area contributed by atoms with Crippen molar-refractivity contribution in [3.05, 3.63) is 12.7 Å². The molecule has 1 rings (SSSR count). The Balaban J connectivity index is 2.44. The lowest BCUT2D eigenvalue weighted by Gasteiger charge is -2.19. The molecule has 1 N–H and O–H groups in total. The molecule has 0 unspecified atom stereocenters. The number of likely N-dealkylation sites (N-methyl/N-ethyl adjacent to an activating group) is 1. The first-order valence-corrected chi connectivity index (χ1v) is 6.52. The predicted octanol–water partition coefficient (Wildman–Crippen LogP) is -0.240. The zero-order valence-corrected chi connectivity index (χ0v) is 11.9. The molecular formula is C13H19N3O5. The molecule has 116 valence electrons. The molecule has 1 aliphatic heterocycles. The Morgan fingerprint density at radius 1 is 1.43 bits per heavy atom. The molecule has 0 saturated carbocycles. The lowest BCUT2D eigenvalue weighted by Crippen LogP contribution is -2.37. The van der Waals surface area contributed by atoms with E-state index in [0.29, 0.717) is 6.42 Å². The minimum absolute atomic E-state index is 0.0500. The number of amides is 4. The molecule has 0 spiro atoms. The van der Waals surface area contributed by atoms with Crippen molar-refractivity contribution in [3.63, 3.8) is 0 Å². The Morgan fingerprint density at radius 3 is 2.57 bits per heavy atom. The second-order valence-electron chi connectivity index (χ2n) is 4.74. The standard InChI is InChI=1S/C13H19N3O5/c1-3-6-15(9-12(19)20)10(17)5-4-7-16-11(18)8-14(2)13(16)21/h3H,1,4-9H2,2H3,(H,19,20). The summed E-state index contributed by atoms with van der Waals surface area (Å²) in [5.74, 6) is -1.73. The van der Waals surface area contributed by atoms with Gasteiger partial charge in [-0.25, -0.2) is 4.79 Å². The summed E-state index contributed by atoms with van der Waals surface area (Å²) in [7, 11) is 1.53. The van der Waals surface area contributed by atoms with E-state index in [1.54, 1.807) is 0 Å². The van der Waals surface area contributed by atoms with Crippen molar-refractivity contribution in [2.24, 2.45) is 0 Å². The minimum atomic E-state index is -1.10. The number of aliphatic carboxylic acids is 1. The number of imide groups is 1. The Hall–Kier alpha value is -2.38. The van der Waals surface area contributed by atoms with Crippen molar-refractivity contribution < 1.29 is 24.3 Å². The molecule has 0 aromatic carbocycles.